The summed E-state index contributed by atoms with van der Waals surface area (Å²) in [7, 11) is 0. The minimum absolute atomic E-state index is 0.115. The van der Waals surface area contributed by atoms with Crippen molar-refractivity contribution in [1.29, 1.82) is 0 Å². The van der Waals surface area contributed by atoms with Crippen LogP contribution >= 0.6 is 0 Å². The highest BCUT2D eigenvalue weighted by atomic mass is 19.1. The van der Waals surface area contributed by atoms with Crippen LogP contribution in [0.25, 0.3) is 0 Å². The highest BCUT2D eigenvalue weighted by Crippen LogP contribution is 2.35. The summed E-state index contributed by atoms with van der Waals surface area (Å²) in [5.74, 6) is -0.113. The Hall–Kier alpha value is -1.49. The number of halogens is 2. The fourth-order valence-electron chi connectivity index (χ4n) is 4.40. The maximum atomic E-state index is 12.9. The van der Waals surface area contributed by atoms with Crippen LogP contribution in [0.15, 0.2) is 24.3 Å². The monoisotopic (exact) mass is 350 g/mol. The molecule has 0 aliphatic carbocycles. The molecule has 1 aromatic carbocycles. The second-order valence-electron chi connectivity index (χ2n) is 7.38. The van der Waals surface area contributed by atoms with E-state index in [4.69, 9.17) is 0 Å². The summed E-state index contributed by atoms with van der Waals surface area (Å²) in [6.07, 6.45) is 7.03. The number of benzene rings is 1. The second kappa shape index (κ2) is 8.75. The molecule has 2 atom stereocenters. The normalized spacial score (nSPS) is 25.9. The summed E-state index contributed by atoms with van der Waals surface area (Å²) in [4.78, 5) is 14.7. The van der Waals surface area contributed by atoms with Crippen molar-refractivity contribution in [3.63, 3.8) is 0 Å². The van der Waals surface area contributed by atoms with Gasteiger partial charge in [0.2, 0.25) is 5.91 Å². The summed E-state index contributed by atoms with van der Waals surface area (Å²) < 4.78 is 25.3. The molecule has 2 bridgehead atoms. The number of rotatable bonds is 8. The van der Waals surface area contributed by atoms with E-state index in [1.54, 1.807) is 12.1 Å². The van der Waals surface area contributed by atoms with Crippen molar-refractivity contribution in [3.05, 3.63) is 35.6 Å². The average Bonchev–Trinajstić information content (AvgIpc) is 2.83. The summed E-state index contributed by atoms with van der Waals surface area (Å²) in [6, 6.07) is 7.75. The standard InChI is InChI=1S/C20H28F2N2O/c21-11-2-12-24-18-9-10-19(24)14-17(13-18)23-20(25)4-1-3-15-5-7-16(22)8-6-15/h5-8,17-19H,1-4,9-14H2,(H,23,25). The van der Waals surface area contributed by atoms with Crippen LogP contribution < -0.4 is 5.32 Å². The molecule has 2 aliphatic heterocycles. The zero-order chi connectivity index (χ0) is 17.6. The van der Waals surface area contributed by atoms with Crippen LogP contribution in [-0.2, 0) is 11.2 Å². The quantitative estimate of drug-likeness (QED) is 0.777. The molecular weight excluding hydrogens is 322 g/mol. The van der Waals surface area contributed by atoms with Crippen molar-refractivity contribution in [2.75, 3.05) is 13.2 Å². The number of alkyl halides is 1. The summed E-state index contributed by atoms with van der Waals surface area (Å²) in [6.45, 7) is 0.605. The fraction of sp³-hybridized carbons (Fsp3) is 0.650. The largest absolute Gasteiger partial charge is 0.353 e. The van der Waals surface area contributed by atoms with Crippen LogP contribution in [0, 0.1) is 5.82 Å². The van der Waals surface area contributed by atoms with Crippen LogP contribution in [-0.4, -0.2) is 42.2 Å². The molecular formula is C20H28F2N2O. The first-order valence-electron chi connectivity index (χ1n) is 9.51. The number of nitrogens with zero attached hydrogens (tertiary/aromatic N) is 1. The lowest BCUT2D eigenvalue weighted by Gasteiger charge is -2.39. The maximum Gasteiger partial charge on any atom is 0.220 e. The molecule has 5 heteroatoms. The zero-order valence-corrected chi connectivity index (χ0v) is 14.7. The van der Waals surface area contributed by atoms with E-state index in [2.05, 4.69) is 10.2 Å². The number of hydrogen-bond donors (Lipinski definition) is 1. The van der Waals surface area contributed by atoms with Gasteiger partial charge < -0.3 is 5.32 Å². The molecule has 0 saturated carbocycles. The molecule has 1 amide bonds. The first-order chi connectivity index (χ1) is 12.2. The van der Waals surface area contributed by atoms with Crippen molar-refractivity contribution >= 4 is 5.91 Å². The van der Waals surface area contributed by atoms with E-state index < -0.39 is 0 Å². The van der Waals surface area contributed by atoms with Gasteiger partial charge in [-0.15, -0.1) is 0 Å². The number of carbonyl (C=O) groups excluding carboxylic acids is 1. The number of hydrogen-bond acceptors (Lipinski definition) is 2. The minimum Gasteiger partial charge on any atom is -0.353 e. The van der Waals surface area contributed by atoms with Crippen molar-refractivity contribution in [1.82, 2.24) is 10.2 Å². The van der Waals surface area contributed by atoms with Crippen LogP contribution in [0.1, 0.15) is 50.5 Å². The number of carbonyl (C=O) groups is 1. The third kappa shape index (κ3) is 5.00. The van der Waals surface area contributed by atoms with Gasteiger partial charge in [-0.05, 0) is 62.6 Å². The number of amides is 1. The minimum atomic E-state index is -0.246. The summed E-state index contributed by atoms with van der Waals surface area (Å²) in [5, 5.41) is 3.19. The summed E-state index contributed by atoms with van der Waals surface area (Å²) >= 11 is 0. The second-order valence-corrected chi connectivity index (χ2v) is 7.38. The maximum absolute atomic E-state index is 12.9. The van der Waals surface area contributed by atoms with Gasteiger partial charge in [0.1, 0.15) is 5.82 Å². The van der Waals surface area contributed by atoms with Gasteiger partial charge in [-0.2, -0.15) is 0 Å². The Labute approximate surface area is 148 Å². The molecule has 3 rings (SSSR count). The van der Waals surface area contributed by atoms with Crippen LogP contribution in [0.3, 0.4) is 0 Å². The molecule has 1 N–H and O–H groups in total. The van der Waals surface area contributed by atoms with Gasteiger partial charge in [-0.25, -0.2) is 4.39 Å². The molecule has 0 radical (unpaired) electrons. The van der Waals surface area contributed by atoms with Crippen LogP contribution in [0.5, 0.6) is 0 Å². The van der Waals surface area contributed by atoms with Gasteiger partial charge in [0.05, 0.1) is 6.67 Å². The number of piperidine rings is 1. The van der Waals surface area contributed by atoms with E-state index in [0.717, 1.165) is 37.8 Å². The Morgan fingerprint density at radius 3 is 2.44 bits per heavy atom. The van der Waals surface area contributed by atoms with Gasteiger partial charge in [0.15, 0.2) is 0 Å². The van der Waals surface area contributed by atoms with Gasteiger partial charge in [-0.3, -0.25) is 14.1 Å². The van der Waals surface area contributed by atoms with Gasteiger partial charge in [0.25, 0.3) is 0 Å². The molecule has 2 heterocycles. The molecule has 138 valence electrons. The van der Waals surface area contributed by atoms with Crippen molar-refractivity contribution in [3.8, 4) is 0 Å². The molecule has 1 aromatic rings. The predicted molar refractivity (Wildman–Crippen MR) is 94.6 cm³/mol. The van der Waals surface area contributed by atoms with E-state index in [1.165, 1.54) is 25.0 Å². The third-order valence-electron chi connectivity index (χ3n) is 5.58. The lowest BCUT2D eigenvalue weighted by molar-refractivity contribution is -0.122. The Kier molecular flexibility index (Phi) is 6.40. The van der Waals surface area contributed by atoms with E-state index in [0.29, 0.717) is 24.9 Å². The van der Waals surface area contributed by atoms with Gasteiger partial charge >= 0.3 is 0 Å². The molecule has 25 heavy (non-hydrogen) atoms. The molecule has 2 unspecified atom stereocenters. The molecule has 0 spiro atoms. The van der Waals surface area contributed by atoms with E-state index >= 15 is 0 Å². The Morgan fingerprint density at radius 2 is 1.80 bits per heavy atom. The molecule has 2 aliphatic rings. The molecule has 3 nitrogen and oxygen atoms in total. The fourth-order valence-corrected chi connectivity index (χ4v) is 4.40. The highest BCUT2D eigenvalue weighted by molar-refractivity contribution is 5.76. The Balaban J connectivity index is 1.38. The van der Waals surface area contributed by atoms with E-state index in [9.17, 15) is 13.6 Å². The average molecular weight is 350 g/mol. The van der Waals surface area contributed by atoms with Gasteiger partial charge in [-0.1, -0.05) is 12.1 Å². The highest BCUT2D eigenvalue weighted by Gasteiger charge is 2.40. The topological polar surface area (TPSA) is 32.3 Å². The lowest BCUT2D eigenvalue weighted by atomic mass is 9.96. The van der Waals surface area contributed by atoms with Crippen molar-refractivity contribution in [2.45, 2.75) is 69.5 Å². The Bertz CT molecular complexity index is 549. The van der Waals surface area contributed by atoms with E-state index in [1.807, 2.05) is 0 Å². The molecule has 0 aromatic heterocycles. The number of nitrogens with one attached hydrogen (secondary N) is 1. The smallest absolute Gasteiger partial charge is 0.220 e. The van der Waals surface area contributed by atoms with Crippen molar-refractivity contribution < 1.29 is 13.6 Å². The van der Waals surface area contributed by atoms with Gasteiger partial charge in [0, 0.05) is 31.1 Å². The number of aryl methyl sites for hydroxylation is 1. The third-order valence-corrected chi connectivity index (χ3v) is 5.58. The van der Waals surface area contributed by atoms with Crippen LogP contribution in [0.4, 0.5) is 8.78 Å². The molecule has 2 fully saturated rings. The first kappa shape index (κ1) is 18.3. The van der Waals surface area contributed by atoms with Crippen LogP contribution in [0.2, 0.25) is 0 Å². The lowest BCUT2D eigenvalue weighted by Crippen LogP contribution is -2.50. The van der Waals surface area contributed by atoms with Crippen molar-refractivity contribution in [2.24, 2.45) is 0 Å². The molecule has 2 saturated heterocycles. The predicted octanol–water partition coefficient (Wildman–Crippen LogP) is 3.62. The SMILES string of the molecule is O=C(CCCc1ccc(F)cc1)NC1CC2CCC(C1)N2CCCF. The first-order valence-corrected chi connectivity index (χ1v) is 9.51. The Morgan fingerprint density at radius 1 is 1.12 bits per heavy atom. The summed E-state index contributed by atoms with van der Waals surface area (Å²) in [5.41, 5.74) is 1.06. The zero-order valence-electron chi connectivity index (χ0n) is 14.7. The van der Waals surface area contributed by atoms with E-state index in [-0.39, 0.29) is 24.4 Å². The number of fused-ring (bicyclic) bond motifs is 2.